The van der Waals surface area contributed by atoms with Crippen LogP contribution in [0.3, 0.4) is 0 Å². The zero-order valence-electron chi connectivity index (χ0n) is 8.49. The van der Waals surface area contributed by atoms with Gasteiger partial charge >= 0.3 is 0 Å². The molecule has 1 aromatic carbocycles. The van der Waals surface area contributed by atoms with E-state index < -0.39 is 0 Å². The zero-order valence-corrected chi connectivity index (χ0v) is 8.49. The standard InChI is InChI=1S/C11H12N2O2/c1-8(5-12)13-6-9-2-3-10-11(4-9)15-7-14-10/h2-4,8,13H,6-7H2,1H3/t8-/m1/s1. The molecule has 78 valence electrons. The number of hydrogen-bond acceptors (Lipinski definition) is 4. The van der Waals surface area contributed by atoms with E-state index in [9.17, 15) is 0 Å². The maximum Gasteiger partial charge on any atom is 0.231 e. The lowest BCUT2D eigenvalue weighted by Crippen LogP contribution is -2.23. The second kappa shape index (κ2) is 4.20. The first kappa shape index (κ1) is 9.81. The van der Waals surface area contributed by atoms with Gasteiger partial charge in [-0.1, -0.05) is 6.07 Å². The molecule has 1 N–H and O–H groups in total. The summed E-state index contributed by atoms with van der Waals surface area (Å²) in [6, 6.07) is 7.76. The third kappa shape index (κ3) is 2.20. The fourth-order valence-electron chi connectivity index (χ4n) is 1.37. The normalized spacial score (nSPS) is 14.7. The molecule has 0 amide bonds. The Morgan fingerprint density at radius 1 is 1.47 bits per heavy atom. The predicted molar refractivity (Wildman–Crippen MR) is 54.5 cm³/mol. The number of benzene rings is 1. The molecule has 2 rings (SSSR count). The fraction of sp³-hybridized carbons (Fsp3) is 0.364. The van der Waals surface area contributed by atoms with Gasteiger partial charge in [0.25, 0.3) is 0 Å². The molecular weight excluding hydrogens is 192 g/mol. The molecular formula is C11H12N2O2. The Balaban J connectivity index is 2.01. The van der Waals surface area contributed by atoms with Gasteiger partial charge in [-0.3, -0.25) is 5.32 Å². The van der Waals surface area contributed by atoms with Gasteiger partial charge in [0.1, 0.15) is 0 Å². The smallest absolute Gasteiger partial charge is 0.231 e. The van der Waals surface area contributed by atoms with Crippen molar-refractivity contribution >= 4 is 0 Å². The van der Waals surface area contributed by atoms with Crippen LogP contribution in [0.5, 0.6) is 11.5 Å². The Hall–Kier alpha value is -1.73. The van der Waals surface area contributed by atoms with Crippen LogP contribution < -0.4 is 14.8 Å². The van der Waals surface area contributed by atoms with Crippen LogP contribution in [0.1, 0.15) is 12.5 Å². The number of nitriles is 1. The Morgan fingerprint density at radius 2 is 2.27 bits per heavy atom. The van der Waals surface area contributed by atoms with Crippen LogP contribution in [0.15, 0.2) is 18.2 Å². The monoisotopic (exact) mass is 204 g/mol. The van der Waals surface area contributed by atoms with E-state index in [1.807, 2.05) is 25.1 Å². The summed E-state index contributed by atoms with van der Waals surface area (Å²) >= 11 is 0. The number of hydrogen-bond donors (Lipinski definition) is 1. The third-order valence-electron chi connectivity index (χ3n) is 2.24. The van der Waals surface area contributed by atoms with Crippen molar-refractivity contribution in [1.82, 2.24) is 5.32 Å². The minimum atomic E-state index is -0.143. The summed E-state index contributed by atoms with van der Waals surface area (Å²) < 4.78 is 10.5. The highest BCUT2D eigenvalue weighted by Crippen LogP contribution is 2.32. The van der Waals surface area contributed by atoms with Crippen LogP contribution in [0.4, 0.5) is 0 Å². The largest absolute Gasteiger partial charge is 0.454 e. The Morgan fingerprint density at radius 3 is 3.07 bits per heavy atom. The molecule has 0 saturated carbocycles. The molecule has 0 aliphatic carbocycles. The van der Waals surface area contributed by atoms with Crippen LogP contribution in [0, 0.1) is 11.3 Å². The van der Waals surface area contributed by atoms with E-state index in [0.717, 1.165) is 17.1 Å². The van der Waals surface area contributed by atoms with Gasteiger partial charge in [0, 0.05) is 6.54 Å². The van der Waals surface area contributed by atoms with Gasteiger partial charge in [-0.25, -0.2) is 0 Å². The number of nitrogens with zero attached hydrogens (tertiary/aromatic N) is 1. The molecule has 1 heterocycles. The summed E-state index contributed by atoms with van der Waals surface area (Å²) in [6.45, 7) is 2.78. The van der Waals surface area contributed by atoms with Crippen LogP contribution in [0.2, 0.25) is 0 Å². The van der Waals surface area contributed by atoms with E-state index in [1.165, 1.54) is 0 Å². The molecule has 0 radical (unpaired) electrons. The molecule has 4 nitrogen and oxygen atoms in total. The van der Waals surface area contributed by atoms with Crippen molar-refractivity contribution in [3.8, 4) is 17.6 Å². The average Bonchev–Trinajstić information content (AvgIpc) is 2.72. The van der Waals surface area contributed by atoms with Crippen LogP contribution >= 0.6 is 0 Å². The summed E-state index contributed by atoms with van der Waals surface area (Å²) in [5.74, 6) is 1.56. The van der Waals surface area contributed by atoms with Gasteiger partial charge in [0.05, 0.1) is 12.1 Å². The molecule has 0 saturated heterocycles. The quantitative estimate of drug-likeness (QED) is 0.809. The number of ether oxygens (including phenoxy) is 2. The maximum atomic E-state index is 8.61. The number of rotatable bonds is 3. The van der Waals surface area contributed by atoms with Gasteiger partial charge in [-0.15, -0.1) is 0 Å². The molecule has 1 aromatic rings. The lowest BCUT2D eigenvalue weighted by molar-refractivity contribution is 0.174. The summed E-state index contributed by atoms with van der Waals surface area (Å²) in [7, 11) is 0. The fourth-order valence-corrected chi connectivity index (χ4v) is 1.37. The molecule has 1 aliphatic rings. The average molecular weight is 204 g/mol. The topological polar surface area (TPSA) is 54.3 Å². The summed E-state index contributed by atoms with van der Waals surface area (Å²) in [5, 5.41) is 11.7. The van der Waals surface area contributed by atoms with Crippen LogP contribution in [-0.2, 0) is 6.54 Å². The molecule has 1 aliphatic heterocycles. The van der Waals surface area contributed by atoms with Crippen molar-refractivity contribution < 1.29 is 9.47 Å². The van der Waals surface area contributed by atoms with Gasteiger partial charge in [0.2, 0.25) is 6.79 Å². The molecule has 0 spiro atoms. The molecule has 0 unspecified atom stereocenters. The van der Waals surface area contributed by atoms with Crippen molar-refractivity contribution in [2.45, 2.75) is 19.5 Å². The Labute approximate surface area is 88.4 Å². The van der Waals surface area contributed by atoms with E-state index in [4.69, 9.17) is 14.7 Å². The molecule has 15 heavy (non-hydrogen) atoms. The maximum absolute atomic E-state index is 8.61. The number of fused-ring (bicyclic) bond motifs is 1. The SMILES string of the molecule is C[C@H](C#N)NCc1ccc2c(c1)OCO2. The van der Waals surface area contributed by atoms with E-state index in [1.54, 1.807) is 0 Å². The Bertz CT molecular complexity index is 398. The highest BCUT2D eigenvalue weighted by atomic mass is 16.7. The van der Waals surface area contributed by atoms with E-state index in [0.29, 0.717) is 13.3 Å². The second-order valence-corrected chi connectivity index (χ2v) is 3.42. The summed E-state index contributed by atoms with van der Waals surface area (Å²) in [5.41, 5.74) is 1.08. The van der Waals surface area contributed by atoms with Crippen LogP contribution in [-0.4, -0.2) is 12.8 Å². The third-order valence-corrected chi connectivity index (χ3v) is 2.24. The highest BCUT2D eigenvalue weighted by molar-refractivity contribution is 5.44. The van der Waals surface area contributed by atoms with Crippen molar-refractivity contribution in [1.29, 1.82) is 5.26 Å². The minimum Gasteiger partial charge on any atom is -0.454 e. The molecule has 0 bridgehead atoms. The van der Waals surface area contributed by atoms with E-state index >= 15 is 0 Å². The number of nitrogens with one attached hydrogen (secondary N) is 1. The first-order valence-corrected chi connectivity index (χ1v) is 4.81. The van der Waals surface area contributed by atoms with Gasteiger partial charge < -0.3 is 9.47 Å². The van der Waals surface area contributed by atoms with E-state index in [-0.39, 0.29) is 6.04 Å². The van der Waals surface area contributed by atoms with Gasteiger partial charge in [-0.05, 0) is 24.6 Å². The Kier molecular flexibility index (Phi) is 2.75. The predicted octanol–water partition coefficient (Wildman–Crippen LogP) is 1.42. The first-order chi connectivity index (χ1) is 7.29. The zero-order chi connectivity index (χ0) is 10.7. The molecule has 4 heteroatoms. The van der Waals surface area contributed by atoms with Crippen LogP contribution in [0.25, 0.3) is 0 Å². The second-order valence-electron chi connectivity index (χ2n) is 3.42. The first-order valence-electron chi connectivity index (χ1n) is 4.81. The summed E-state index contributed by atoms with van der Waals surface area (Å²) in [4.78, 5) is 0. The molecule has 0 aromatic heterocycles. The van der Waals surface area contributed by atoms with E-state index in [2.05, 4.69) is 11.4 Å². The van der Waals surface area contributed by atoms with Crippen molar-refractivity contribution in [2.75, 3.05) is 6.79 Å². The lowest BCUT2D eigenvalue weighted by atomic mass is 10.2. The van der Waals surface area contributed by atoms with Crippen molar-refractivity contribution in [2.24, 2.45) is 0 Å². The summed E-state index contributed by atoms with van der Waals surface area (Å²) in [6.07, 6.45) is 0. The van der Waals surface area contributed by atoms with Gasteiger partial charge in [-0.2, -0.15) is 5.26 Å². The molecule has 0 fully saturated rings. The molecule has 1 atom stereocenters. The lowest BCUT2D eigenvalue weighted by Gasteiger charge is -2.06. The van der Waals surface area contributed by atoms with Crippen molar-refractivity contribution in [3.63, 3.8) is 0 Å². The van der Waals surface area contributed by atoms with Crippen molar-refractivity contribution in [3.05, 3.63) is 23.8 Å². The van der Waals surface area contributed by atoms with Gasteiger partial charge in [0.15, 0.2) is 11.5 Å². The highest BCUT2D eigenvalue weighted by Gasteiger charge is 2.13. The minimum absolute atomic E-state index is 0.143.